The molecule has 1 aromatic rings. The van der Waals surface area contributed by atoms with Gasteiger partial charge in [-0.1, -0.05) is 26.0 Å². The number of hydrogen-bond donors (Lipinski definition) is 2. The van der Waals surface area contributed by atoms with Crippen LogP contribution >= 0.6 is 0 Å². The van der Waals surface area contributed by atoms with E-state index in [2.05, 4.69) is 19.2 Å². The van der Waals surface area contributed by atoms with Crippen LogP contribution in [0.5, 0.6) is 5.75 Å². The first-order valence-corrected chi connectivity index (χ1v) is 7.26. The number of nitrogens with one attached hydrogen (secondary N) is 1. The number of nitrogens with two attached hydrogens (primary N) is 1. The van der Waals surface area contributed by atoms with E-state index in [1.807, 2.05) is 31.2 Å². The molecule has 112 valence electrons. The Labute approximate surface area is 121 Å². The molecular weight excluding hydrogens is 252 g/mol. The number of carbonyl (C=O) groups is 1. The summed E-state index contributed by atoms with van der Waals surface area (Å²) in [5.41, 5.74) is 6.71. The maximum Gasteiger partial charge on any atom is 0.224 e. The zero-order valence-corrected chi connectivity index (χ0v) is 12.7. The molecule has 20 heavy (non-hydrogen) atoms. The number of benzene rings is 1. The van der Waals surface area contributed by atoms with Crippen molar-refractivity contribution in [3.63, 3.8) is 0 Å². The van der Waals surface area contributed by atoms with Crippen molar-refractivity contribution in [2.45, 2.75) is 33.7 Å². The molecule has 1 amide bonds. The molecule has 0 saturated carbocycles. The van der Waals surface area contributed by atoms with Gasteiger partial charge in [0.05, 0.1) is 12.5 Å². The lowest BCUT2D eigenvalue weighted by molar-refractivity contribution is -0.125. The molecule has 4 nitrogen and oxygen atoms in total. The van der Waals surface area contributed by atoms with Gasteiger partial charge in [0.25, 0.3) is 0 Å². The van der Waals surface area contributed by atoms with Crippen molar-refractivity contribution in [1.29, 1.82) is 0 Å². The number of rotatable bonds is 8. The Morgan fingerprint density at radius 3 is 2.75 bits per heavy atom. The van der Waals surface area contributed by atoms with E-state index in [1.165, 1.54) is 0 Å². The molecule has 0 saturated heterocycles. The molecule has 0 radical (unpaired) electrons. The number of carbonyl (C=O) groups excluding carboxylic acids is 1. The number of amides is 1. The van der Waals surface area contributed by atoms with Crippen LogP contribution in [-0.2, 0) is 11.3 Å². The fourth-order valence-corrected chi connectivity index (χ4v) is 2.12. The third kappa shape index (κ3) is 5.61. The standard InChI is InChI=1S/C16H26N2O2/c1-4-20-15-7-5-6-13(9-15)11-18-16(19)14(10-17)8-12(2)3/h5-7,9,12,14H,4,8,10-11,17H2,1-3H3,(H,18,19). The highest BCUT2D eigenvalue weighted by molar-refractivity contribution is 5.78. The summed E-state index contributed by atoms with van der Waals surface area (Å²) >= 11 is 0. The molecule has 0 fully saturated rings. The largest absolute Gasteiger partial charge is 0.494 e. The van der Waals surface area contributed by atoms with Gasteiger partial charge in [0.15, 0.2) is 0 Å². The maximum atomic E-state index is 12.1. The summed E-state index contributed by atoms with van der Waals surface area (Å²) in [6, 6.07) is 7.77. The first-order chi connectivity index (χ1) is 9.56. The number of hydrogen-bond acceptors (Lipinski definition) is 3. The second-order valence-corrected chi connectivity index (χ2v) is 5.36. The van der Waals surface area contributed by atoms with Gasteiger partial charge in [-0.2, -0.15) is 0 Å². The SMILES string of the molecule is CCOc1cccc(CNC(=O)C(CN)CC(C)C)c1. The van der Waals surface area contributed by atoms with Crippen LogP contribution in [-0.4, -0.2) is 19.1 Å². The summed E-state index contributed by atoms with van der Waals surface area (Å²) in [7, 11) is 0. The van der Waals surface area contributed by atoms with E-state index in [-0.39, 0.29) is 11.8 Å². The van der Waals surface area contributed by atoms with E-state index in [9.17, 15) is 4.79 Å². The summed E-state index contributed by atoms with van der Waals surface area (Å²) in [6.45, 7) is 7.69. The molecule has 0 aliphatic rings. The van der Waals surface area contributed by atoms with Crippen LogP contribution in [0, 0.1) is 11.8 Å². The highest BCUT2D eigenvalue weighted by Gasteiger charge is 2.17. The predicted octanol–water partition coefficient (Wildman–Crippen LogP) is 2.32. The van der Waals surface area contributed by atoms with E-state index < -0.39 is 0 Å². The highest BCUT2D eigenvalue weighted by atomic mass is 16.5. The third-order valence-electron chi connectivity index (χ3n) is 3.09. The van der Waals surface area contributed by atoms with Crippen molar-refractivity contribution in [1.82, 2.24) is 5.32 Å². The Balaban J connectivity index is 2.53. The minimum Gasteiger partial charge on any atom is -0.494 e. The Kier molecular flexibility index (Phi) is 7.09. The number of ether oxygens (including phenoxy) is 1. The van der Waals surface area contributed by atoms with Crippen molar-refractivity contribution >= 4 is 5.91 Å². The first-order valence-electron chi connectivity index (χ1n) is 7.26. The molecule has 0 aliphatic heterocycles. The van der Waals surface area contributed by atoms with Gasteiger partial charge in [-0.3, -0.25) is 4.79 Å². The molecule has 0 aromatic heterocycles. The van der Waals surface area contributed by atoms with Crippen LogP contribution in [0.1, 0.15) is 32.8 Å². The molecule has 4 heteroatoms. The normalized spacial score (nSPS) is 12.2. The van der Waals surface area contributed by atoms with E-state index in [0.29, 0.717) is 25.6 Å². The third-order valence-corrected chi connectivity index (χ3v) is 3.09. The Morgan fingerprint density at radius 2 is 2.15 bits per heavy atom. The minimum atomic E-state index is -0.106. The summed E-state index contributed by atoms with van der Waals surface area (Å²) in [5, 5.41) is 2.95. The van der Waals surface area contributed by atoms with Crippen molar-refractivity contribution in [3.8, 4) is 5.75 Å². The van der Waals surface area contributed by atoms with Crippen molar-refractivity contribution < 1.29 is 9.53 Å². The van der Waals surface area contributed by atoms with Gasteiger partial charge < -0.3 is 15.8 Å². The van der Waals surface area contributed by atoms with Gasteiger partial charge in [0.1, 0.15) is 5.75 Å². The van der Waals surface area contributed by atoms with Gasteiger partial charge in [0.2, 0.25) is 5.91 Å². The summed E-state index contributed by atoms with van der Waals surface area (Å²) < 4.78 is 5.44. The summed E-state index contributed by atoms with van der Waals surface area (Å²) in [6.07, 6.45) is 0.821. The summed E-state index contributed by atoms with van der Waals surface area (Å²) in [5.74, 6) is 1.22. The second-order valence-electron chi connectivity index (χ2n) is 5.36. The zero-order chi connectivity index (χ0) is 15.0. The second kappa shape index (κ2) is 8.59. The van der Waals surface area contributed by atoms with Gasteiger partial charge in [-0.25, -0.2) is 0 Å². The summed E-state index contributed by atoms with van der Waals surface area (Å²) in [4.78, 5) is 12.1. The average molecular weight is 278 g/mol. The lowest BCUT2D eigenvalue weighted by Gasteiger charge is -2.17. The molecule has 0 spiro atoms. The Bertz CT molecular complexity index is 419. The monoisotopic (exact) mass is 278 g/mol. The van der Waals surface area contributed by atoms with Gasteiger partial charge in [0, 0.05) is 13.1 Å². The van der Waals surface area contributed by atoms with Crippen LogP contribution in [0.4, 0.5) is 0 Å². The van der Waals surface area contributed by atoms with Gasteiger partial charge >= 0.3 is 0 Å². The molecule has 1 atom stereocenters. The topological polar surface area (TPSA) is 64.3 Å². The van der Waals surface area contributed by atoms with E-state index in [0.717, 1.165) is 17.7 Å². The lowest BCUT2D eigenvalue weighted by Crippen LogP contribution is -2.35. The fourth-order valence-electron chi connectivity index (χ4n) is 2.12. The van der Waals surface area contributed by atoms with Crippen molar-refractivity contribution in [2.24, 2.45) is 17.6 Å². The fraction of sp³-hybridized carbons (Fsp3) is 0.562. The molecule has 3 N–H and O–H groups in total. The molecule has 1 aromatic carbocycles. The smallest absolute Gasteiger partial charge is 0.224 e. The molecule has 0 bridgehead atoms. The Hall–Kier alpha value is -1.55. The Morgan fingerprint density at radius 1 is 1.40 bits per heavy atom. The minimum absolute atomic E-state index is 0.0306. The molecule has 1 unspecified atom stereocenters. The average Bonchev–Trinajstić information content (AvgIpc) is 2.43. The van der Waals surface area contributed by atoms with Gasteiger partial charge in [-0.15, -0.1) is 0 Å². The van der Waals surface area contributed by atoms with Crippen molar-refractivity contribution in [2.75, 3.05) is 13.2 Å². The first kappa shape index (κ1) is 16.5. The van der Waals surface area contributed by atoms with Crippen molar-refractivity contribution in [3.05, 3.63) is 29.8 Å². The quantitative estimate of drug-likeness (QED) is 0.767. The zero-order valence-electron chi connectivity index (χ0n) is 12.7. The predicted molar refractivity (Wildman–Crippen MR) is 81.5 cm³/mol. The van der Waals surface area contributed by atoms with Crippen LogP contribution in [0.3, 0.4) is 0 Å². The lowest BCUT2D eigenvalue weighted by atomic mass is 9.96. The highest BCUT2D eigenvalue weighted by Crippen LogP contribution is 2.14. The van der Waals surface area contributed by atoms with Gasteiger partial charge in [-0.05, 0) is 37.0 Å². The van der Waals surface area contributed by atoms with Crippen LogP contribution in [0.15, 0.2) is 24.3 Å². The molecule has 1 rings (SSSR count). The van der Waals surface area contributed by atoms with Crippen LogP contribution in [0.2, 0.25) is 0 Å². The molecule has 0 aliphatic carbocycles. The molecule has 0 heterocycles. The maximum absolute atomic E-state index is 12.1. The van der Waals surface area contributed by atoms with E-state index >= 15 is 0 Å². The van der Waals surface area contributed by atoms with Crippen LogP contribution in [0.25, 0.3) is 0 Å². The van der Waals surface area contributed by atoms with Crippen LogP contribution < -0.4 is 15.8 Å². The molecular formula is C16H26N2O2. The van der Waals surface area contributed by atoms with E-state index in [1.54, 1.807) is 0 Å². The van der Waals surface area contributed by atoms with E-state index in [4.69, 9.17) is 10.5 Å².